The SMILES string of the molecule is CCc1ccccc1CNC(=NC)NCC(=O)Nc1cccnc1.I. The summed E-state index contributed by atoms with van der Waals surface area (Å²) in [6, 6.07) is 11.8. The summed E-state index contributed by atoms with van der Waals surface area (Å²) in [5.41, 5.74) is 3.20. The topological polar surface area (TPSA) is 78.4 Å². The molecule has 6 nitrogen and oxygen atoms in total. The number of benzene rings is 1. The van der Waals surface area contributed by atoms with E-state index in [0.29, 0.717) is 18.2 Å². The molecule has 1 heterocycles. The first-order valence-electron chi connectivity index (χ1n) is 7.94. The van der Waals surface area contributed by atoms with Gasteiger partial charge in [0, 0.05) is 19.8 Å². The molecule has 0 saturated carbocycles. The Hall–Kier alpha value is -2.16. The van der Waals surface area contributed by atoms with Crippen LogP contribution in [0.2, 0.25) is 0 Å². The van der Waals surface area contributed by atoms with Gasteiger partial charge < -0.3 is 16.0 Å². The molecule has 1 amide bonds. The third-order valence-corrected chi connectivity index (χ3v) is 3.53. The third kappa shape index (κ3) is 7.08. The highest BCUT2D eigenvalue weighted by Crippen LogP contribution is 2.08. The number of amides is 1. The highest BCUT2D eigenvalue weighted by molar-refractivity contribution is 14.0. The zero-order chi connectivity index (χ0) is 17.2. The van der Waals surface area contributed by atoms with Gasteiger partial charge in [-0.1, -0.05) is 31.2 Å². The van der Waals surface area contributed by atoms with Crippen LogP contribution in [0.1, 0.15) is 18.1 Å². The standard InChI is InChI=1S/C18H23N5O.HI/c1-3-14-7-4-5-8-15(14)11-21-18(19-2)22-13-17(24)23-16-9-6-10-20-12-16;/h4-10,12H,3,11,13H2,1-2H3,(H,23,24)(H2,19,21,22);1H. The predicted molar refractivity (Wildman–Crippen MR) is 112 cm³/mol. The number of aromatic nitrogens is 1. The van der Waals surface area contributed by atoms with Gasteiger partial charge in [-0.15, -0.1) is 24.0 Å². The first-order valence-corrected chi connectivity index (χ1v) is 7.94. The lowest BCUT2D eigenvalue weighted by atomic mass is 10.1. The minimum Gasteiger partial charge on any atom is -0.352 e. The van der Waals surface area contributed by atoms with E-state index in [4.69, 9.17) is 0 Å². The molecule has 0 aliphatic heterocycles. The number of halogens is 1. The summed E-state index contributed by atoms with van der Waals surface area (Å²) in [7, 11) is 1.68. The number of carbonyl (C=O) groups is 1. The number of anilines is 1. The van der Waals surface area contributed by atoms with Crippen LogP contribution in [0.4, 0.5) is 5.69 Å². The highest BCUT2D eigenvalue weighted by Gasteiger charge is 2.05. The maximum atomic E-state index is 11.9. The molecule has 7 heteroatoms. The summed E-state index contributed by atoms with van der Waals surface area (Å²) in [6.45, 7) is 2.92. The number of aliphatic imine (C=N–C) groups is 1. The van der Waals surface area contributed by atoms with Gasteiger partial charge in [0.15, 0.2) is 5.96 Å². The van der Waals surface area contributed by atoms with Crippen molar-refractivity contribution >= 4 is 41.5 Å². The van der Waals surface area contributed by atoms with Crippen molar-refractivity contribution in [1.82, 2.24) is 15.6 Å². The van der Waals surface area contributed by atoms with Gasteiger partial charge in [0.25, 0.3) is 0 Å². The molecule has 3 N–H and O–H groups in total. The van der Waals surface area contributed by atoms with Crippen LogP contribution in [0.3, 0.4) is 0 Å². The van der Waals surface area contributed by atoms with Crippen LogP contribution >= 0.6 is 24.0 Å². The van der Waals surface area contributed by atoms with E-state index in [1.54, 1.807) is 31.6 Å². The van der Waals surface area contributed by atoms with E-state index in [2.05, 4.69) is 45.0 Å². The number of carbonyl (C=O) groups excluding carboxylic acids is 1. The molecule has 0 atom stereocenters. The van der Waals surface area contributed by atoms with Crippen molar-refractivity contribution in [3.05, 3.63) is 59.9 Å². The molecule has 1 aromatic carbocycles. The molecule has 0 saturated heterocycles. The molecule has 1 aromatic heterocycles. The Balaban J connectivity index is 0.00000312. The Morgan fingerprint density at radius 1 is 1.12 bits per heavy atom. The van der Waals surface area contributed by atoms with Gasteiger partial charge in [-0.25, -0.2) is 0 Å². The number of hydrogen-bond donors (Lipinski definition) is 3. The number of nitrogens with one attached hydrogen (secondary N) is 3. The second-order valence-corrected chi connectivity index (χ2v) is 5.19. The number of hydrogen-bond acceptors (Lipinski definition) is 3. The lowest BCUT2D eigenvalue weighted by molar-refractivity contribution is -0.115. The second-order valence-electron chi connectivity index (χ2n) is 5.19. The van der Waals surface area contributed by atoms with E-state index in [-0.39, 0.29) is 36.4 Å². The smallest absolute Gasteiger partial charge is 0.243 e. The quantitative estimate of drug-likeness (QED) is 0.357. The van der Waals surface area contributed by atoms with Crippen molar-refractivity contribution in [1.29, 1.82) is 0 Å². The van der Waals surface area contributed by atoms with Crippen LogP contribution in [0.5, 0.6) is 0 Å². The molecule has 0 radical (unpaired) electrons. The molecule has 0 unspecified atom stereocenters. The van der Waals surface area contributed by atoms with Gasteiger partial charge in [-0.05, 0) is 29.7 Å². The fourth-order valence-electron chi connectivity index (χ4n) is 2.28. The molecule has 0 fully saturated rings. The van der Waals surface area contributed by atoms with E-state index in [1.807, 2.05) is 12.1 Å². The number of rotatable bonds is 6. The van der Waals surface area contributed by atoms with Crippen LogP contribution in [-0.2, 0) is 17.8 Å². The fraction of sp³-hybridized carbons (Fsp3) is 0.278. The largest absolute Gasteiger partial charge is 0.352 e. The van der Waals surface area contributed by atoms with Crippen LogP contribution < -0.4 is 16.0 Å². The van der Waals surface area contributed by atoms with Crippen molar-refractivity contribution in [2.24, 2.45) is 4.99 Å². The van der Waals surface area contributed by atoms with Gasteiger partial charge in [0.2, 0.25) is 5.91 Å². The Labute approximate surface area is 165 Å². The first-order chi connectivity index (χ1) is 11.7. The van der Waals surface area contributed by atoms with Crippen LogP contribution in [0.25, 0.3) is 0 Å². The summed E-state index contributed by atoms with van der Waals surface area (Å²) in [5, 5.41) is 9.00. The summed E-state index contributed by atoms with van der Waals surface area (Å²) < 4.78 is 0. The molecule has 0 spiro atoms. The summed E-state index contributed by atoms with van der Waals surface area (Å²) in [6.07, 6.45) is 4.25. The minimum atomic E-state index is -0.153. The van der Waals surface area contributed by atoms with E-state index in [1.165, 1.54) is 11.1 Å². The molecule has 2 rings (SSSR count). The van der Waals surface area contributed by atoms with E-state index in [0.717, 1.165) is 6.42 Å². The van der Waals surface area contributed by atoms with Crippen molar-refractivity contribution < 1.29 is 4.79 Å². The molecular formula is C18H24IN5O. The lowest BCUT2D eigenvalue weighted by Crippen LogP contribution is -2.41. The number of guanidine groups is 1. The lowest BCUT2D eigenvalue weighted by Gasteiger charge is -2.13. The van der Waals surface area contributed by atoms with E-state index in [9.17, 15) is 4.79 Å². The van der Waals surface area contributed by atoms with Crippen LogP contribution in [-0.4, -0.2) is 30.4 Å². The molecule has 2 aromatic rings. The molecule has 25 heavy (non-hydrogen) atoms. The summed E-state index contributed by atoms with van der Waals surface area (Å²) in [4.78, 5) is 20.0. The van der Waals surface area contributed by atoms with E-state index < -0.39 is 0 Å². The Kier molecular flexibility index (Phi) is 9.53. The Bertz CT molecular complexity index is 691. The monoisotopic (exact) mass is 453 g/mol. The summed E-state index contributed by atoms with van der Waals surface area (Å²) >= 11 is 0. The zero-order valence-corrected chi connectivity index (χ0v) is 16.8. The fourth-order valence-corrected chi connectivity index (χ4v) is 2.28. The summed E-state index contributed by atoms with van der Waals surface area (Å²) in [5.74, 6) is 0.433. The average Bonchev–Trinajstić information content (AvgIpc) is 2.63. The predicted octanol–water partition coefficient (Wildman–Crippen LogP) is 2.57. The zero-order valence-electron chi connectivity index (χ0n) is 14.5. The number of aryl methyl sites for hydroxylation is 1. The average molecular weight is 453 g/mol. The maximum Gasteiger partial charge on any atom is 0.243 e. The van der Waals surface area contributed by atoms with Gasteiger partial charge in [-0.2, -0.15) is 0 Å². The molecule has 0 aliphatic carbocycles. The third-order valence-electron chi connectivity index (χ3n) is 3.53. The first kappa shape index (κ1) is 20.9. The number of pyridine rings is 1. The van der Waals surface area contributed by atoms with Gasteiger partial charge in [0.1, 0.15) is 0 Å². The van der Waals surface area contributed by atoms with Crippen LogP contribution in [0.15, 0.2) is 53.8 Å². The second kappa shape index (κ2) is 11.4. The van der Waals surface area contributed by atoms with Crippen molar-refractivity contribution in [2.75, 3.05) is 18.9 Å². The number of nitrogens with zero attached hydrogens (tertiary/aromatic N) is 2. The van der Waals surface area contributed by atoms with Crippen molar-refractivity contribution in [2.45, 2.75) is 19.9 Å². The molecular weight excluding hydrogens is 429 g/mol. The van der Waals surface area contributed by atoms with Gasteiger partial charge in [-0.3, -0.25) is 14.8 Å². The molecule has 0 bridgehead atoms. The minimum absolute atomic E-state index is 0. The van der Waals surface area contributed by atoms with Gasteiger partial charge in [0.05, 0.1) is 18.4 Å². The van der Waals surface area contributed by atoms with Crippen molar-refractivity contribution in [3.8, 4) is 0 Å². The van der Waals surface area contributed by atoms with Crippen LogP contribution in [0, 0.1) is 0 Å². The Morgan fingerprint density at radius 3 is 2.52 bits per heavy atom. The van der Waals surface area contributed by atoms with Crippen molar-refractivity contribution in [3.63, 3.8) is 0 Å². The highest BCUT2D eigenvalue weighted by atomic mass is 127. The molecule has 134 valence electrons. The normalized spacial score (nSPS) is 10.6. The molecule has 0 aliphatic rings. The van der Waals surface area contributed by atoms with E-state index >= 15 is 0 Å². The van der Waals surface area contributed by atoms with Gasteiger partial charge >= 0.3 is 0 Å². The Morgan fingerprint density at radius 2 is 1.88 bits per heavy atom. The maximum absolute atomic E-state index is 11.9.